The number of rotatable bonds is 5. The summed E-state index contributed by atoms with van der Waals surface area (Å²) in [6.45, 7) is 4.33. The molecule has 1 saturated carbocycles. The molecule has 1 aliphatic carbocycles. The number of nitrogens with zero attached hydrogens (tertiary/aromatic N) is 1. The van der Waals surface area contributed by atoms with Crippen LogP contribution in [0.5, 0.6) is 0 Å². The van der Waals surface area contributed by atoms with Gasteiger partial charge in [-0.3, -0.25) is 0 Å². The highest BCUT2D eigenvalue weighted by Gasteiger charge is 2.29. The maximum absolute atomic E-state index is 6.19. The number of hydrogen-bond acceptors (Lipinski definition) is 2. The van der Waals surface area contributed by atoms with Crippen molar-refractivity contribution in [2.45, 2.75) is 44.1 Å². The third kappa shape index (κ3) is 5.67. The van der Waals surface area contributed by atoms with Gasteiger partial charge in [0.2, 0.25) is 0 Å². The molecule has 0 heterocycles. The number of benzene rings is 2. The van der Waals surface area contributed by atoms with E-state index in [-0.39, 0.29) is 0 Å². The summed E-state index contributed by atoms with van der Waals surface area (Å²) in [4.78, 5) is 4.82. The average Bonchev–Trinajstić information content (AvgIpc) is 2.97. The van der Waals surface area contributed by atoms with E-state index in [1.165, 1.54) is 12.8 Å². The van der Waals surface area contributed by atoms with Gasteiger partial charge >= 0.3 is 0 Å². The van der Waals surface area contributed by atoms with E-state index in [2.05, 4.69) is 30.6 Å². The lowest BCUT2D eigenvalue weighted by atomic mass is 9.94. The van der Waals surface area contributed by atoms with Crippen LogP contribution in [0.2, 0.25) is 0 Å². The molecule has 0 amide bonds. The third-order valence-corrected chi connectivity index (χ3v) is 4.84. The predicted octanol–water partition coefficient (Wildman–Crippen LogP) is 6.11. The van der Waals surface area contributed by atoms with Crippen molar-refractivity contribution in [3.8, 4) is 11.8 Å². The second-order valence-corrected chi connectivity index (χ2v) is 6.92. The molecular formula is C25H27NO. The second kappa shape index (κ2) is 9.90. The number of para-hydroxylation sites is 1. The summed E-state index contributed by atoms with van der Waals surface area (Å²) in [6.07, 6.45) is 8.58. The Morgan fingerprint density at radius 1 is 0.963 bits per heavy atom. The predicted molar refractivity (Wildman–Crippen MR) is 113 cm³/mol. The molecule has 2 nitrogen and oxygen atoms in total. The molecule has 0 spiro atoms. The molecular weight excluding hydrogens is 330 g/mol. The zero-order chi connectivity index (χ0) is 18.8. The van der Waals surface area contributed by atoms with E-state index in [0.717, 1.165) is 42.6 Å². The lowest BCUT2D eigenvalue weighted by molar-refractivity contribution is 0.00527. The monoisotopic (exact) mass is 357 g/mol. The van der Waals surface area contributed by atoms with Gasteiger partial charge < -0.3 is 4.74 Å². The van der Waals surface area contributed by atoms with Crippen LogP contribution in [0.15, 0.2) is 78.3 Å². The highest BCUT2D eigenvalue weighted by Crippen LogP contribution is 2.30. The molecule has 0 saturated heterocycles. The van der Waals surface area contributed by atoms with Gasteiger partial charge in [-0.2, -0.15) is 0 Å². The maximum Gasteiger partial charge on any atom is 0.129 e. The van der Waals surface area contributed by atoms with E-state index in [1.807, 2.05) is 54.6 Å². The van der Waals surface area contributed by atoms with Crippen LogP contribution in [0.1, 0.15) is 44.1 Å². The Labute approximate surface area is 163 Å². The molecule has 2 heteroatoms. The molecule has 0 radical (unpaired) electrons. The minimum Gasteiger partial charge on any atom is -0.358 e. The minimum absolute atomic E-state index is 0.392. The van der Waals surface area contributed by atoms with E-state index >= 15 is 0 Å². The van der Waals surface area contributed by atoms with Crippen molar-refractivity contribution in [3.63, 3.8) is 0 Å². The van der Waals surface area contributed by atoms with Crippen molar-refractivity contribution >= 4 is 11.4 Å². The van der Waals surface area contributed by atoms with Crippen molar-refractivity contribution in [3.05, 3.63) is 78.9 Å². The normalized spacial score (nSPS) is 16.7. The van der Waals surface area contributed by atoms with Gasteiger partial charge in [0.05, 0.1) is 12.3 Å². The van der Waals surface area contributed by atoms with Gasteiger partial charge in [0.1, 0.15) is 11.3 Å². The number of hydrogen-bond donors (Lipinski definition) is 0. The van der Waals surface area contributed by atoms with Crippen LogP contribution >= 0.6 is 0 Å². The first kappa shape index (κ1) is 19.1. The molecule has 0 bridgehead atoms. The first-order chi connectivity index (χ1) is 13.3. The van der Waals surface area contributed by atoms with Crippen molar-refractivity contribution in [2.75, 3.05) is 6.61 Å². The van der Waals surface area contributed by atoms with Gasteiger partial charge in [-0.15, -0.1) is 6.58 Å². The molecule has 27 heavy (non-hydrogen) atoms. The lowest BCUT2D eigenvalue weighted by Crippen LogP contribution is -2.30. The Bertz CT molecular complexity index is 804. The number of ether oxygens (including phenoxy) is 1. The van der Waals surface area contributed by atoms with Gasteiger partial charge in [0, 0.05) is 5.56 Å². The van der Waals surface area contributed by atoms with E-state index in [9.17, 15) is 0 Å². The van der Waals surface area contributed by atoms with Gasteiger partial charge in [-0.1, -0.05) is 73.4 Å². The highest BCUT2D eigenvalue weighted by atomic mass is 16.5. The molecule has 3 rings (SSSR count). The zero-order valence-electron chi connectivity index (χ0n) is 15.9. The molecule has 0 N–H and O–H groups in total. The first-order valence-corrected chi connectivity index (χ1v) is 9.78. The smallest absolute Gasteiger partial charge is 0.129 e. The number of aliphatic imine (C=N–C) groups is 1. The molecule has 0 aliphatic heterocycles. The minimum atomic E-state index is -0.392. The third-order valence-electron chi connectivity index (χ3n) is 4.84. The van der Waals surface area contributed by atoms with Gasteiger partial charge in [-0.05, 0) is 43.7 Å². The molecule has 1 fully saturated rings. The van der Waals surface area contributed by atoms with E-state index in [1.54, 1.807) is 0 Å². The summed E-state index contributed by atoms with van der Waals surface area (Å²) < 4.78 is 6.19. The first-order valence-electron chi connectivity index (χ1n) is 9.78. The van der Waals surface area contributed by atoms with Crippen LogP contribution in [0, 0.1) is 11.8 Å². The summed E-state index contributed by atoms with van der Waals surface area (Å²) >= 11 is 0. The quantitative estimate of drug-likeness (QED) is 0.274. The summed E-state index contributed by atoms with van der Waals surface area (Å²) in [6, 6.07) is 20.2. The van der Waals surface area contributed by atoms with E-state index in [4.69, 9.17) is 9.73 Å². The molecule has 1 aliphatic rings. The van der Waals surface area contributed by atoms with Crippen LogP contribution in [0.3, 0.4) is 0 Å². The molecule has 0 aromatic heterocycles. The summed E-state index contributed by atoms with van der Waals surface area (Å²) in [7, 11) is 0. The average molecular weight is 357 g/mol. The fraction of sp³-hybridized carbons (Fsp3) is 0.320. The van der Waals surface area contributed by atoms with Crippen molar-refractivity contribution in [1.82, 2.24) is 0 Å². The Kier molecular flexibility index (Phi) is 7.02. The highest BCUT2D eigenvalue weighted by molar-refractivity contribution is 6.14. The summed E-state index contributed by atoms with van der Waals surface area (Å²) in [5.41, 5.74) is 2.33. The Balaban J connectivity index is 1.97. The molecule has 2 aromatic rings. The van der Waals surface area contributed by atoms with E-state index in [0.29, 0.717) is 6.61 Å². The van der Waals surface area contributed by atoms with Crippen molar-refractivity contribution in [1.29, 1.82) is 0 Å². The zero-order valence-corrected chi connectivity index (χ0v) is 15.9. The molecule has 138 valence electrons. The molecule has 2 aromatic carbocycles. The van der Waals surface area contributed by atoms with Gasteiger partial charge in [0.25, 0.3) is 0 Å². The topological polar surface area (TPSA) is 21.6 Å². The molecule has 0 atom stereocenters. The largest absolute Gasteiger partial charge is 0.358 e. The fourth-order valence-electron chi connectivity index (χ4n) is 3.39. The van der Waals surface area contributed by atoms with Crippen LogP contribution in [0.4, 0.5) is 5.69 Å². The van der Waals surface area contributed by atoms with Gasteiger partial charge in [0.15, 0.2) is 0 Å². The maximum atomic E-state index is 6.19. The standard InChI is InChI=1S/C25H27NO/c1-2-21-27-25(18-11-3-4-12-19-25)20-17-24(22-13-7-5-8-14-22)26-23-15-9-6-10-16-23/h2,5-10,13-16H,1,3-4,11-12,18-19,21H2. The van der Waals surface area contributed by atoms with E-state index < -0.39 is 5.60 Å². The second-order valence-electron chi connectivity index (χ2n) is 6.92. The van der Waals surface area contributed by atoms with Crippen molar-refractivity contribution in [2.24, 2.45) is 4.99 Å². The fourth-order valence-corrected chi connectivity index (χ4v) is 3.39. The summed E-state index contributed by atoms with van der Waals surface area (Å²) in [5.74, 6) is 6.85. The Hall–Kier alpha value is -2.63. The van der Waals surface area contributed by atoms with Crippen LogP contribution in [-0.2, 0) is 4.74 Å². The van der Waals surface area contributed by atoms with Crippen molar-refractivity contribution < 1.29 is 4.74 Å². The lowest BCUT2D eigenvalue weighted by Gasteiger charge is -2.27. The molecule has 0 unspecified atom stereocenters. The van der Waals surface area contributed by atoms with Crippen LogP contribution < -0.4 is 0 Å². The van der Waals surface area contributed by atoms with Crippen LogP contribution in [-0.4, -0.2) is 17.9 Å². The Morgan fingerprint density at radius 3 is 2.22 bits per heavy atom. The van der Waals surface area contributed by atoms with Gasteiger partial charge in [-0.25, -0.2) is 4.99 Å². The SMILES string of the molecule is C=CCOC1(C#CC(=Nc2ccccc2)c2ccccc2)CCCCCC1. The van der Waals surface area contributed by atoms with Crippen LogP contribution in [0.25, 0.3) is 0 Å². The summed E-state index contributed by atoms with van der Waals surface area (Å²) in [5, 5.41) is 0. The Morgan fingerprint density at radius 2 is 1.59 bits per heavy atom.